The molecular formula is C9H13NO3S. The van der Waals surface area contributed by atoms with E-state index in [0.29, 0.717) is 5.92 Å². The van der Waals surface area contributed by atoms with Crippen molar-refractivity contribution in [3.63, 3.8) is 0 Å². The largest absolute Gasteiger partial charge is 0.481 e. The van der Waals surface area contributed by atoms with E-state index in [1.807, 2.05) is 13.8 Å². The summed E-state index contributed by atoms with van der Waals surface area (Å²) in [6, 6.07) is 0. The number of aromatic nitrogens is 1. The summed E-state index contributed by atoms with van der Waals surface area (Å²) in [6.07, 6.45) is 1.74. The summed E-state index contributed by atoms with van der Waals surface area (Å²) >= 11 is 1.19. The highest BCUT2D eigenvalue weighted by molar-refractivity contribution is 7.09. The molecular weight excluding hydrogens is 202 g/mol. The highest BCUT2D eigenvalue weighted by Crippen LogP contribution is 2.16. The second-order valence-electron chi connectivity index (χ2n) is 3.39. The van der Waals surface area contributed by atoms with Crippen molar-refractivity contribution in [1.82, 2.24) is 4.57 Å². The second-order valence-corrected chi connectivity index (χ2v) is 4.42. The first-order valence-electron chi connectivity index (χ1n) is 4.42. The second kappa shape index (κ2) is 4.41. The predicted octanol–water partition coefficient (Wildman–Crippen LogP) is 1.51. The Hall–Kier alpha value is -1.10. The fourth-order valence-electron chi connectivity index (χ4n) is 1.03. The van der Waals surface area contributed by atoms with Crippen LogP contribution in [0.25, 0.3) is 0 Å². The Balaban J connectivity index is 2.78. The van der Waals surface area contributed by atoms with E-state index in [4.69, 9.17) is 5.11 Å². The molecule has 5 heteroatoms. The number of carboxylic acid groups (broad SMARTS) is 1. The van der Waals surface area contributed by atoms with Crippen molar-refractivity contribution >= 4 is 17.3 Å². The predicted molar refractivity (Wildman–Crippen MR) is 54.9 cm³/mol. The molecule has 14 heavy (non-hydrogen) atoms. The van der Waals surface area contributed by atoms with Crippen molar-refractivity contribution in [3.05, 3.63) is 20.7 Å². The fraction of sp³-hybridized carbons (Fsp3) is 0.556. The Kier molecular flexibility index (Phi) is 3.46. The molecule has 0 bridgehead atoms. The van der Waals surface area contributed by atoms with Gasteiger partial charge in [-0.2, -0.15) is 0 Å². The van der Waals surface area contributed by atoms with Crippen LogP contribution in [0.4, 0.5) is 0 Å². The number of carbonyl (C=O) groups is 1. The third kappa shape index (κ3) is 2.70. The molecule has 78 valence electrons. The lowest BCUT2D eigenvalue weighted by atomic mass is 10.2. The molecule has 0 unspecified atom stereocenters. The normalized spacial score (nSPS) is 10.8. The first kappa shape index (κ1) is 11.0. The zero-order chi connectivity index (χ0) is 10.7. The van der Waals surface area contributed by atoms with E-state index in [2.05, 4.69) is 0 Å². The van der Waals surface area contributed by atoms with Gasteiger partial charge in [-0.1, -0.05) is 25.2 Å². The number of aliphatic carboxylic acids is 1. The molecule has 0 aliphatic rings. The molecule has 0 fully saturated rings. The van der Waals surface area contributed by atoms with Crippen molar-refractivity contribution < 1.29 is 9.90 Å². The Morgan fingerprint density at radius 1 is 1.64 bits per heavy atom. The van der Waals surface area contributed by atoms with Gasteiger partial charge in [0.25, 0.3) is 0 Å². The summed E-state index contributed by atoms with van der Waals surface area (Å²) < 4.78 is 1.47. The SMILES string of the molecule is CC(C)c1cn(CCC(=O)O)c(=O)s1. The average molecular weight is 215 g/mol. The molecule has 1 aromatic rings. The van der Waals surface area contributed by atoms with Gasteiger partial charge in [0, 0.05) is 17.6 Å². The molecule has 0 amide bonds. The van der Waals surface area contributed by atoms with E-state index in [9.17, 15) is 9.59 Å². The highest BCUT2D eigenvalue weighted by Gasteiger charge is 2.08. The zero-order valence-electron chi connectivity index (χ0n) is 8.19. The van der Waals surface area contributed by atoms with Gasteiger partial charge in [0.2, 0.25) is 0 Å². The van der Waals surface area contributed by atoms with Crippen LogP contribution in [0.3, 0.4) is 0 Å². The molecule has 0 saturated heterocycles. The van der Waals surface area contributed by atoms with Crippen LogP contribution in [0.1, 0.15) is 31.1 Å². The Labute approximate surface area is 85.8 Å². The number of thiazole rings is 1. The van der Waals surface area contributed by atoms with Gasteiger partial charge in [0.05, 0.1) is 6.42 Å². The molecule has 0 atom stereocenters. The van der Waals surface area contributed by atoms with Gasteiger partial charge in [-0.15, -0.1) is 0 Å². The number of rotatable bonds is 4. The van der Waals surface area contributed by atoms with Crippen LogP contribution in [0.15, 0.2) is 11.0 Å². The average Bonchev–Trinajstić information content (AvgIpc) is 2.43. The van der Waals surface area contributed by atoms with Crippen LogP contribution in [0.5, 0.6) is 0 Å². The molecule has 0 spiro atoms. The summed E-state index contributed by atoms with van der Waals surface area (Å²) in [5.41, 5.74) is 0. The van der Waals surface area contributed by atoms with Crippen molar-refractivity contribution in [2.45, 2.75) is 32.7 Å². The molecule has 1 rings (SSSR count). The molecule has 0 aliphatic heterocycles. The van der Waals surface area contributed by atoms with Gasteiger partial charge < -0.3 is 9.67 Å². The summed E-state index contributed by atoms with van der Waals surface area (Å²) in [4.78, 5) is 22.6. The molecule has 0 saturated carbocycles. The maximum atomic E-state index is 11.3. The van der Waals surface area contributed by atoms with Crippen molar-refractivity contribution in [2.75, 3.05) is 0 Å². The first-order chi connectivity index (χ1) is 6.50. The van der Waals surface area contributed by atoms with E-state index in [-0.39, 0.29) is 17.8 Å². The van der Waals surface area contributed by atoms with E-state index in [1.165, 1.54) is 15.9 Å². The van der Waals surface area contributed by atoms with Gasteiger partial charge in [0.15, 0.2) is 0 Å². The first-order valence-corrected chi connectivity index (χ1v) is 5.24. The molecule has 1 N–H and O–H groups in total. The summed E-state index contributed by atoms with van der Waals surface area (Å²) in [6.45, 7) is 4.27. The quantitative estimate of drug-likeness (QED) is 0.828. The Morgan fingerprint density at radius 2 is 2.29 bits per heavy atom. The number of hydrogen-bond acceptors (Lipinski definition) is 3. The maximum Gasteiger partial charge on any atom is 0.307 e. The number of nitrogens with zero attached hydrogens (tertiary/aromatic N) is 1. The molecule has 4 nitrogen and oxygen atoms in total. The van der Waals surface area contributed by atoms with Gasteiger partial charge in [-0.25, -0.2) is 0 Å². The lowest BCUT2D eigenvalue weighted by Gasteiger charge is -1.98. The standard InChI is InChI=1S/C9H13NO3S/c1-6(2)7-5-10(9(13)14-7)4-3-8(11)12/h5-6H,3-4H2,1-2H3,(H,11,12). The van der Waals surface area contributed by atoms with Crippen LogP contribution in [0.2, 0.25) is 0 Å². The van der Waals surface area contributed by atoms with Crippen molar-refractivity contribution in [2.24, 2.45) is 0 Å². The summed E-state index contributed by atoms with van der Waals surface area (Å²) in [5.74, 6) is -0.562. The van der Waals surface area contributed by atoms with Gasteiger partial charge in [0.1, 0.15) is 0 Å². The maximum absolute atomic E-state index is 11.3. The number of aryl methyl sites for hydroxylation is 1. The Bertz CT molecular complexity index is 378. The number of carboxylic acids is 1. The zero-order valence-corrected chi connectivity index (χ0v) is 9.00. The third-order valence-electron chi connectivity index (χ3n) is 1.86. The Morgan fingerprint density at radius 3 is 2.71 bits per heavy atom. The van der Waals surface area contributed by atoms with Gasteiger partial charge >= 0.3 is 10.8 Å². The van der Waals surface area contributed by atoms with Crippen molar-refractivity contribution in [1.29, 1.82) is 0 Å². The fourth-order valence-corrected chi connectivity index (χ4v) is 1.91. The van der Waals surface area contributed by atoms with E-state index in [0.717, 1.165) is 4.88 Å². The smallest absolute Gasteiger partial charge is 0.307 e. The summed E-state index contributed by atoms with van der Waals surface area (Å²) in [5, 5.41) is 8.47. The molecule has 1 aromatic heterocycles. The molecule has 0 aromatic carbocycles. The minimum Gasteiger partial charge on any atom is -0.481 e. The number of hydrogen-bond donors (Lipinski definition) is 1. The van der Waals surface area contributed by atoms with Crippen LogP contribution in [0, 0.1) is 0 Å². The van der Waals surface area contributed by atoms with E-state index in [1.54, 1.807) is 6.20 Å². The molecule has 1 heterocycles. The lowest BCUT2D eigenvalue weighted by Crippen LogP contribution is -2.14. The third-order valence-corrected chi connectivity index (χ3v) is 3.08. The van der Waals surface area contributed by atoms with Crippen molar-refractivity contribution in [3.8, 4) is 0 Å². The lowest BCUT2D eigenvalue weighted by molar-refractivity contribution is -0.137. The topological polar surface area (TPSA) is 59.3 Å². The highest BCUT2D eigenvalue weighted by atomic mass is 32.1. The van der Waals surface area contributed by atoms with Gasteiger partial charge in [-0.3, -0.25) is 9.59 Å². The monoisotopic (exact) mass is 215 g/mol. The molecule has 0 radical (unpaired) electrons. The van der Waals surface area contributed by atoms with Crippen LogP contribution in [-0.2, 0) is 11.3 Å². The minimum atomic E-state index is -0.880. The van der Waals surface area contributed by atoms with Crippen LogP contribution in [-0.4, -0.2) is 15.6 Å². The van der Waals surface area contributed by atoms with E-state index < -0.39 is 5.97 Å². The summed E-state index contributed by atoms with van der Waals surface area (Å²) in [7, 11) is 0. The van der Waals surface area contributed by atoms with Crippen LogP contribution >= 0.6 is 11.3 Å². The van der Waals surface area contributed by atoms with Gasteiger partial charge in [-0.05, 0) is 5.92 Å². The van der Waals surface area contributed by atoms with Crippen LogP contribution < -0.4 is 4.87 Å². The molecule has 0 aliphatic carbocycles. The van der Waals surface area contributed by atoms with E-state index >= 15 is 0 Å². The minimum absolute atomic E-state index is 0.00578.